The first-order chi connectivity index (χ1) is 15.6. The van der Waals surface area contributed by atoms with E-state index < -0.39 is 6.10 Å². The van der Waals surface area contributed by atoms with Gasteiger partial charge in [-0.25, -0.2) is 24.9 Å². The van der Waals surface area contributed by atoms with E-state index in [0.29, 0.717) is 81.3 Å². The molecule has 5 heterocycles. The number of aromatic nitrogens is 6. The molecule has 2 aliphatic heterocycles. The van der Waals surface area contributed by atoms with Crippen LogP contribution in [0.3, 0.4) is 0 Å². The first kappa shape index (κ1) is 20.5. The maximum absolute atomic E-state index is 12.6. The van der Waals surface area contributed by atoms with Crippen LogP contribution in [0.4, 0.5) is 11.8 Å². The van der Waals surface area contributed by atoms with Gasteiger partial charge in [0, 0.05) is 51.5 Å². The number of hydrogen-bond acceptors (Lipinski definition) is 10. The van der Waals surface area contributed by atoms with Gasteiger partial charge in [-0.2, -0.15) is 0 Å². The van der Waals surface area contributed by atoms with E-state index in [-0.39, 0.29) is 11.9 Å². The highest BCUT2D eigenvalue weighted by Crippen LogP contribution is 2.27. The number of nitrogens with two attached hydrogens (primary N) is 1. The van der Waals surface area contributed by atoms with Crippen LogP contribution in [0.5, 0.6) is 0 Å². The minimum Gasteiger partial charge on any atom is -0.391 e. The molecule has 2 aliphatic rings. The summed E-state index contributed by atoms with van der Waals surface area (Å²) in [6.45, 7) is 4.05. The first-order valence-electron chi connectivity index (χ1n) is 10.7. The molecule has 168 valence electrons. The molecule has 3 aromatic rings. The molecule has 0 radical (unpaired) electrons. The fourth-order valence-corrected chi connectivity index (χ4v) is 4.01. The molecule has 0 unspecified atom stereocenters. The predicted molar refractivity (Wildman–Crippen MR) is 116 cm³/mol. The highest BCUT2D eigenvalue weighted by atomic mass is 16.5. The minimum atomic E-state index is -0.429. The molecule has 2 saturated heterocycles. The Labute approximate surface area is 184 Å². The zero-order chi connectivity index (χ0) is 22.1. The Hall–Kier alpha value is -3.38. The van der Waals surface area contributed by atoms with Gasteiger partial charge in [-0.3, -0.25) is 4.79 Å². The van der Waals surface area contributed by atoms with Crippen LogP contribution < -0.4 is 10.6 Å². The molecule has 12 heteroatoms. The molecular formula is C20H25N9O3. The molecule has 0 aliphatic carbocycles. The number of rotatable bonds is 5. The van der Waals surface area contributed by atoms with Crippen LogP contribution in [0, 0.1) is 0 Å². The number of morpholine rings is 1. The second-order valence-corrected chi connectivity index (χ2v) is 7.94. The lowest BCUT2D eigenvalue weighted by Crippen LogP contribution is -2.37. The number of nitrogens with zero attached hydrogens (tertiary/aromatic N) is 8. The van der Waals surface area contributed by atoms with E-state index in [1.807, 2.05) is 4.57 Å². The van der Waals surface area contributed by atoms with Crippen molar-refractivity contribution in [2.24, 2.45) is 0 Å². The third kappa shape index (κ3) is 4.06. The summed E-state index contributed by atoms with van der Waals surface area (Å²) in [6, 6.07) is 0. The molecule has 12 nitrogen and oxygen atoms in total. The van der Waals surface area contributed by atoms with Crippen LogP contribution in [-0.4, -0.2) is 90.9 Å². The lowest BCUT2D eigenvalue weighted by molar-refractivity contribution is -0.130. The third-order valence-corrected chi connectivity index (χ3v) is 5.77. The largest absolute Gasteiger partial charge is 0.391 e. The van der Waals surface area contributed by atoms with Crippen LogP contribution >= 0.6 is 0 Å². The van der Waals surface area contributed by atoms with E-state index in [9.17, 15) is 9.90 Å². The number of imidazole rings is 1. The van der Waals surface area contributed by atoms with Crippen molar-refractivity contribution in [2.45, 2.75) is 25.5 Å². The van der Waals surface area contributed by atoms with Crippen molar-refractivity contribution in [1.29, 1.82) is 0 Å². The Morgan fingerprint density at radius 1 is 1.16 bits per heavy atom. The first-order valence-corrected chi connectivity index (χ1v) is 10.7. The van der Waals surface area contributed by atoms with Crippen molar-refractivity contribution >= 4 is 28.8 Å². The number of β-amino-alcohol motifs (C(OH)–C–C–N with tert-alkyl or cyclic N) is 1. The minimum absolute atomic E-state index is 0.0121. The second kappa shape index (κ2) is 8.63. The van der Waals surface area contributed by atoms with E-state index in [0.717, 1.165) is 5.82 Å². The molecule has 1 atom stereocenters. The van der Waals surface area contributed by atoms with Gasteiger partial charge in [-0.1, -0.05) is 0 Å². The monoisotopic (exact) mass is 439 g/mol. The van der Waals surface area contributed by atoms with E-state index >= 15 is 0 Å². The second-order valence-electron chi connectivity index (χ2n) is 7.94. The number of anilines is 2. The maximum atomic E-state index is 12.6. The number of aliphatic hydroxyl groups is 1. The quantitative estimate of drug-likeness (QED) is 0.542. The number of likely N-dealkylation sites (tertiary alicyclic amines) is 1. The number of aliphatic hydroxyl groups excluding tert-OH is 1. The average Bonchev–Trinajstić information content (AvgIpc) is 3.44. The zero-order valence-electron chi connectivity index (χ0n) is 17.6. The van der Waals surface area contributed by atoms with Crippen molar-refractivity contribution in [3.8, 4) is 11.4 Å². The van der Waals surface area contributed by atoms with Gasteiger partial charge in [0.2, 0.25) is 11.9 Å². The van der Waals surface area contributed by atoms with Gasteiger partial charge in [0.25, 0.3) is 0 Å². The number of ether oxygens (including phenoxy) is 1. The predicted octanol–water partition coefficient (Wildman–Crippen LogP) is -0.315. The number of nitrogen functional groups attached to an aromatic ring is 1. The van der Waals surface area contributed by atoms with E-state index in [4.69, 9.17) is 20.4 Å². The number of amides is 1. The Bertz CT molecular complexity index is 1110. The summed E-state index contributed by atoms with van der Waals surface area (Å²) in [5.41, 5.74) is 7.59. The average molecular weight is 439 g/mol. The number of hydrogen-bond donors (Lipinski definition) is 2. The van der Waals surface area contributed by atoms with Crippen molar-refractivity contribution in [1.82, 2.24) is 34.4 Å². The molecule has 3 N–H and O–H groups in total. The molecule has 32 heavy (non-hydrogen) atoms. The van der Waals surface area contributed by atoms with Crippen molar-refractivity contribution < 1.29 is 14.6 Å². The summed E-state index contributed by atoms with van der Waals surface area (Å²) in [7, 11) is 0. The summed E-state index contributed by atoms with van der Waals surface area (Å²) in [5.74, 6) is 1.38. The Kier molecular flexibility index (Phi) is 5.53. The number of fused-ring (bicyclic) bond motifs is 1. The van der Waals surface area contributed by atoms with Gasteiger partial charge in [0.15, 0.2) is 22.8 Å². The van der Waals surface area contributed by atoms with E-state index in [1.165, 1.54) is 0 Å². The standard InChI is InChI=1S/C20H25N9O3/c21-20-22-9-13(10-23-20)17-25-18(27-5-7-32-8-6-27)16-19(26-17)29(12-24-16)4-2-15(31)28-3-1-14(30)11-28/h9-10,12,14,30H,1-8,11H2,(H2,21,22,23)/t14-/m1/s1. The zero-order valence-corrected chi connectivity index (χ0v) is 17.6. The molecule has 2 fully saturated rings. The number of carbonyl (C=O) groups is 1. The fourth-order valence-electron chi connectivity index (χ4n) is 4.01. The van der Waals surface area contributed by atoms with Crippen LogP contribution in [-0.2, 0) is 16.1 Å². The number of carbonyl (C=O) groups excluding carboxylic acids is 1. The highest BCUT2D eigenvalue weighted by molar-refractivity contribution is 5.86. The molecular weight excluding hydrogens is 414 g/mol. The maximum Gasteiger partial charge on any atom is 0.224 e. The Morgan fingerprint density at radius 3 is 2.66 bits per heavy atom. The van der Waals surface area contributed by atoms with Crippen LogP contribution in [0.25, 0.3) is 22.6 Å². The summed E-state index contributed by atoms with van der Waals surface area (Å²) in [4.78, 5) is 38.6. The summed E-state index contributed by atoms with van der Waals surface area (Å²) >= 11 is 0. The van der Waals surface area contributed by atoms with Gasteiger partial charge in [-0.05, 0) is 6.42 Å². The van der Waals surface area contributed by atoms with Crippen molar-refractivity contribution in [3.05, 3.63) is 18.7 Å². The fraction of sp³-hybridized carbons (Fsp3) is 0.500. The van der Waals surface area contributed by atoms with E-state index in [2.05, 4.69) is 19.9 Å². The van der Waals surface area contributed by atoms with Gasteiger partial charge in [0.1, 0.15) is 0 Å². The molecule has 0 bridgehead atoms. The van der Waals surface area contributed by atoms with Gasteiger partial charge < -0.3 is 29.9 Å². The van der Waals surface area contributed by atoms with Crippen molar-refractivity contribution in [2.75, 3.05) is 50.0 Å². The summed E-state index contributed by atoms with van der Waals surface area (Å²) < 4.78 is 7.35. The molecule has 3 aromatic heterocycles. The van der Waals surface area contributed by atoms with Gasteiger partial charge in [-0.15, -0.1) is 0 Å². The number of aryl methyl sites for hydroxylation is 1. The van der Waals surface area contributed by atoms with Gasteiger partial charge >= 0.3 is 0 Å². The van der Waals surface area contributed by atoms with Crippen LogP contribution in [0.1, 0.15) is 12.8 Å². The molecule has 1 amide bonds. The Balaban J connectivity index is 1.48. The lowest BCUT2D eigenvalue weighted by atomic mass is 10.3. The molecule has 5 rings (SSSR count). The Morgan fingerprint density at radius 2 is 1.94 bits per heavy atom. The van der Waals surface area contributed by atoms with Crippen LogP contribution in [0.15, 0.2) is 18.7 Å². The SMILES string of the molecule is Nc1ncc(-c2nc(N3CCOCC3)c3ncn(CCC(=O)N4CC[C@@H](O)C4)c3n2)cn1. The molecule has 0 saturated carbocycles. The third-order valence-electron chi connectivity index (χ3n) is 5.77. The lowest BCUT2D eigenvalue weighted by Gasteiger charge is -2.28. The summed E-state index contributed by atoms with van der Waals surface area (Å²) in [6.07, 6.45) is 5.38. The van der Waals surface area contributed by atoms with Gasteiger partial charge in [0.05, 0.1) is 31.2 Å². The highest BCUT2D eigenvalue weighted by Gasteiger charge is 2.25. The smallest absolute Gasteiger partial charge is 0.224 e. The van der Waals surface area contributed by atoms with E-state index in [1.54, 1.807) is 23.6 Å². The van der Waals surface area contributed by atoms with Crippen LogP contribution in [0.2, 0.25) is 0 Å². The summed E-state index contributed by atoms with van der Waals surface area (Å²) in [5, 5.41) is 9.69. The normalized spacial score (nSPS) is 19.1. The van der Waals surface area contributed by atoms with Crippen molar-refractivity contribution in [3.63, 3.8) is 0 Å². The molecule has 0 spiro atoms. The topological polar surface area (TPSA) is 148 Å². The molecule has 0 aromatic carbocycles.